The molecule has 0 unspecified atom stereocenters. The van der Waals surface area contributed by atoms with Crippen LogP contribution in [-0.2, 0) is 0 Å². The van der Waals surface area contributed by atoms with E-state index in [9.17, 15) is 0 Å². The van der Waals surface area contributed by atoms with Crippen molar-refractivity contribution in [3.05, 3.63) is 23.2 Å². The Morgan fingerprint density at radius 3 is 2.70 bits per heavy atom. The first-order valence-electron chi connectivity index (χ1n) is 6.46. The Balaban J connectivity index is 1.81. The zero-order chi connectivity index (χ0) is 14.1. The van der Waals surface area contributed by atoms with Gasteiger partial charge in [0.05, 0.1) is 10.7 Å². The van der Waals surface area contributed by atoms with Gasteiger partial charge in [-0.1, -0.05) is 11.6 Å². The van der Waals surface area contributed by atoms with Gasteiger partial charge in [0.1, 0.15) is 0 Å². The van der Waals surface area contributed by atoms with E-state index in [4.69, 9.17) is 21.9 Å². The summed E-state index contributed by atoms with van der Waals surface area (Å²) >= 11 is 6.00. The first kappa shape index (κ1) is 13.2. The Hall–Kier alpha value is -1.79. The molecule has 1 aromatic carbocycles. The van der Waals surface area contributed by atoms with E-state index in [1.54, 1.807) is 12.1 Å². The molecule has 0 radical (unpaired) electrons. The van der Waals surface area contributed by atoms with E-state index >= 15 is 0 Å². The van der Waals surface area contributed by atoms with Gasteiger partial charge in [-0.15, -0.1) is 0 Å². The van der Waals surface area contributed by atoms with Gasteiger partial charge in [-0.05, 0) is 30.4 Å². The van der Waals surface area contributed by atoms with Gasteiger partial charge in [-0.3, -0.25) is 0 Å². The molecule has 1 saturated heterocycles. The van der Waals surface area contributed by atoms with Gasteiger partial charge < -0.3 is 20.1 Å². The molecule has 2 aromatic rings. The molecule has 20 heavy (non-hydrogen) atoms. The van der Waals surface area contributed by atoms with E-state index < -0.39 is 0 Å². The summed E-state index contributed by atoms with van der Waals surface area (Å²) in [6, 6.07) is 5.29. The van der Waals surface area contributed by atoms with Crippen LogP contribution in [0.3, 0.4) is 0 Å². The fraction of sp³-hybridized carbons (Fsp3) is 0.385. The summed E-state index contributed by atoms with van der Waals surface area (Å²) < 4.78 is 5.31. The standard InChI is InChI=1S/C13H16ClN5O/c1-18-4-6-19(7-5-18)13-16-12(20-17-13)9-2-3-11(15)10(14)8-9/h2-3,8H,4-7,15H2,1H3. The molecule has 2 heterocycles. The largest absolute Gasteiger partial charge is 0.398 e. The first-order valence-corrected chi connectivity index (χ1v) is 6.84. The number of nitrogens with zero attached hydrogens (tertiary/aromatic N) is 4. The van der Waals surface area contributed by atoms with Crippen molar-refractivity contribution in [1.82, 2.24) is 15.0 Å². The molecule has 1 aliphatic rings. The highest BCUT2D eigenvalue weighted by Gasteiger charge is 2.19. The second kappa shape index (κ2) is 5.30. The number of aromatic nitrogens is 2. The summed E-state index contributed by atoms with van der Waals surface area (Å²) in [5.74, 6) is 1.09. The lowest BCUT2D eigenvalue weighted by molar-refractivity contribution is 0.309. The fourth-order valence-electron chi connectivity index (χ4n) is 2.13. The number of anilines is 2. The van der Waals surface area contributed by atoms with Crippen LogP contribution in [-0.4, -0.2) is 48.3 Å². The zero-order valence-corrected chi connectivity index (χ0v) is 12.0. The second-order valence-electron chi connectivity index (χ2n) is 4.93. The Morgan fingerprint density at radius 1 is 1.25 bits per heavy atom. The van der Waals surface area contributed by atoms with Gasteiger partial charge in [-0.25, -0.2) is 0 Å². The van der Waals surface area contributed by atoms with E-state index in [2.05, 4.69) is 27.0 Å². The lowest BCUT2D eigenvalue weighted by atomic mass is 10.2. The monoisotopic (exact) mass is 293 g/mol. The number of halogens is 1. The van der Waals surface area contributed by atoms with Crippen LogP contribution in [0.4, 0.5) is 11.6 Å². The molecule has 0 bridgehead atoms. The number of likely N-dealkylation sites (N-methyl/N-ethyl adjacent to an activating group) is 1. The van der Waals surface area contributed by atoms with Crippen molar-refractivity contribution in [2.45, 2.75) is 0 Å². The predicted molar refractivity (Wildman–Crippen MR) is 78.9 cm³/mol. The highest BCUT2D eigenvalue weighted by Crippen LogP contribution is 2.27. The van der Waals surface area contributed by atoms with Crippen LogP contribution in [0, 0.1) is 0 Å². The lowest BCUT2D eigenvalue weighted by Crippen LogP contribution is -2.44. The van der Waals surface area contributed by atoms with Gasteiger partial charge in [0.15, 0.2) is 0 Å². The smallest absolute Gasteiger partial charge is 0.266 e. The third kappa shape index (κ3) is 2.57. The molecule has 1 aliphatic heterocycles. The van der Waals surface area contributed by atoms with E-state index in [0.29, 0.717) is 22.5 Å². The van der Waals surface area contributed by atoms with Gasteiger partial charge >= 0.3 is 0 Å². The van der Waals surface area contributed by atoms with Crippen LogP contribution in [0.5, 0.6) is 0 Å². The predicted octanol–water partition coefficient (Wildman–Crippen LogP) is 1.72. The third-order valence-corrected chi connectivity index (χ3v) is 3.78. The van der Waals surface area contributed by atoms with E-state index in [1.807, 2.05) is 6.07 Å². The molecule has 7 heteroatoms. The fourth-order valence-corrected chi connectivity index (χ4v) is 2.31. The van der Waals surface area contributed by atoms with Crippen LogP contribution >= 0.6 is 11.6 Å². The van der Waals surface area contributed by atoms with Crippen LogP contribution in [0.15, 0.2) is 22.7 Å². The van der Waals surface area contributed by atoms with Crippen LogP contribution in [0.2, 0.25) is 5.02 Å². The Labute approximate surface area is 122 Å². The molecule has 0 aliphatic carbocycles. The van der Waals surface area contributed by atoms with Gasteiger partial charge in [-0.2, -0.15) is 4.98 Å². The molecular formula is C13H16ClN5O. The van der Waals surface area contributed by atoms with Crippen molar-refractivity contribution in [2.24, 2.45) is 0 Å². The maximum absolute atomic E-state index is 6.00. The maximum atomic E-state index is 6.00. The first-order chi connectivity index (χ1) is 9.63. The number of nitrogen functional groups attached to an aromatic ring is 1. The van der Waals surface area contributed by atoms with Crippen molar-refractivity contribution in [3.8, 4) is 11.5 Å². The van der Waals surface area contributed by atoms with Crippen LogP contribution in [0.25, 0.3) is 11.5 Å². The van der Waals surface area contributed by atoms with Crippen molar-refractivity contribution in [1.29, 1.82) is 0 Å². The average Bonchev–Trinajstić information content (AvgIpc) is 2.92. The highest BCUT2D eigenvalue weighted by molar-refractivity contribution is 6.33. The summed E-state index contributed by atoms with van der Waals surface area (Å²) in [5, 5.41) is 4.53. The van der Waals surface area contributed by atoms with Crippen LogP contribution in [0.1, 0.15) is 0 Å². The number of nitrogens with two attached hydrogens (primary N) is 1. The molecule has 2 N–H and O–H groups in total. The topological polar surface area (TPSA) is 71.4 Å². The normalized spacial score (nSPS) is 16.6. The molecule has 0 spiro atoms. The van der Waals surface area contributed by atoms with E-state index in [0.717, 1.165) is 31.7 Å². The summed E-state index contributed by atoms with van der Waals surface area (Å²) in [5.41, 5.74) is 7.00. The summed E-state index contributed by atoms with van der Waals surface area (Å²) in [7, 11) is 2.11. The summed E-state index contributed by atoms with van der Waals surface area (Å²) in [6.07, 6.45) is 0. The maximum Gasteiger partial charge on any atom is 0.266 e. The SMILES string of the molecule is CN1CCN(c2noc(-c3ccc(N)c(Cl)c3)n2)CC1. The van der Waals surface area contributed by atoms with Gasteiger partial charge in [0.25, 0.3) is 11.8 Å². The minimum Gasteiger partial charge on any atom is -0.398 e. The average molecular weight is 294 g/mol. The Morgan fingerprint density at radius 2 is 2.00 bits per heavy atom. The number of rotatable bonds is 2. The number of hydrogen-bond acceptors (Lipinski definition) is 6. The van der Waals surface area contributed by atoms with Crippen LogP contribution < -0.4 is 10.6 Å². The van der Waals surface area contributed by atoms with Crippen molar-refractivity contribution >= 4 is 23.2 Å². The molecule has 6 nitrogen and oxygen atoms in total. The van der Waals surface area contributed by atoms with E-state index in [1.165, 1.54) is 0 Å². The molecule has 1 aromatic heterocycles. The molecule has 0 amide bonds. The summed E-state index contributed by atoms with van der Waals surface area (Å²) in [6.45, 7) is 3.80. The van der Waals surface area contributed by atoms with E-state index in [-0.39, 0.29) is 0 Å². The Bertz CT molecular complexity index is 607. The zero-order valence-electron chi connectivity index (χ0n) is 11.2. The highest BCUT2D eigenvalue weighted by atomic mass is 35.5. The van der Waals surface area contributed by atoms with Crippen molar-refractivity contribution in [2.75, 3.05) is 43.9 Å². The minimum atomic E-state index is 0.459. The van der Waals surface area contributed by atoms with Gasteiger partial charge in [0.2, 0.25) is 0 Å². The molecular weight excluding hydrogens is 278 g/mol. The molecule has 1 fully saturated rings. The molecule has 0 atom stereocenters. The summed E-state index contributed by atoms with van der Waals surface area (Å²) in [4.78, 5) is 8.82. The Kier molecular flexibility index (Phi) is 3.50. The third-order valence-electron chi connectivity index (χ3n) is 3.45. The van der Waals surface area contributed by atoms with Gasteiger partial charge in [0, 0.05) is 31.7 Å². The number of benzene rings is 1. The second-order valence-corrected chi connectivity index (χ2v) is 5.33. The van der Waals surface area contributed by atoms with Crippen molar-refractivity contribution < 1.29 is 4.52 Å². The quantitative estimate of drug-likeness (QED) is 0.850. The lowest BCUT2D eigenvalue weighted by Gasteiger charge is -2.31. The number of hydrogen-bond donors (Lipinski definition) is 1. The number of piperazine rings is 1. The molecule has 0 saturated carbocycles. The molecule has 3 rings (SSSR count). The minimum absolute atomic E-state index is 0.459. The van der Waals surface area contributed by atoms with Crippen molar-refractivity contribution in [3.63, 3.8) is 0 Å². The molecule has 106 valence electrons.